The van der Waals surface area contributed by atoms with Crippen molar-refractivity contribution in [3.63, 3.8) is 0 Å². The molecule has 0 unspecified atom stereocenters. The van der Waals surface area contributed by atoms with Crippen LogP contribution in [0, 0.1) is 0 Å². The number of nitrogens with zero attached hydrogens (tertiary/aromatic N) is 3. The molecule has 1 N–H and O–H groups in total. The van der Waals surface area contributed by atoms with Gasteiger partial charge in [-0.25, -0.2) is 0 Å². The van der Waals surface area contributed by atoms with Gasteiger partial charge in [0, 0.05) is 25.5 Å². The first-order valence-electron chi connectivity index (χ1n) is 9.49. The molecular weight excluding hydrogens is 388 g/mol. The summed E-state index contributed by atoms with van der Waals surface area (Å²) in [5.74, 6) is 0.333. The quantitative estimate of drug-likeness (QED) is 0.670. The Morgan fingerprint density at radius 3 is 2.52 bits per heavy atom. The van der Waals surface area contributed by atoms with Crippen molar-refractivity contribution in [2.24, 2.45) is 0 Å². The number of nitrogens with one attached hydrogen (secondary N) is 1. The fourth-order valence-corrected chi connectivity index (χ4v) is 3.71. The second-order valence-electron chi connectivity index (χ2n) is 6.63. The number of benzene rings is 1. The Morgan fingerprint density at radius 2 is 1.90 bits per heavy atom. The number of ether oxygens (including phenoxy) is 1. The molecule has 152 valence electrons. The van der Waals surface area contributed by atoms with Gasteiger partial charge in [0.15, 0.2) is 5.11 Å². The highest BCUT2D eigenvalue weighted by Crippen LogP contribution is 2.28. The third kappa shape index (κ3) is 4.71. The molecule has 1 fully saturated rings. The lowest BCUT2D eigenvalue weighted by Gasteiger charge is -2.24. The zero-order chi connectivity index (χ0) is 20.8. The largest absolute Gasteiger partial charge is 0.497 e. The monoisotopic (exact) mass is 412 g/mol. The number of methoxy groups -OCH3 is 1. The number of aromatic nitrogens is 1. The van der Waals surface area contributed by atoms with Crippen molar-refractivity contribution < 1.29 is 14.3 Å². The molecule has 1 saturated heterocycles. The first-order valence-corrected chi connectivity index (χ1v) is 9.90. The lowest BCUT2D eigenvalue weighted by Crippen LogP contribution is -2.40. The average molecular weight is 413 g/mol. The van der Waals surface area contributed by atoms with E-state index in [9.17, 15) is 9.59 Å². The van der Waals surface area contributed by atoms with Crippen LogP contribution in [0.15, 0.2) is 48.8 Å². The van der Waals surface area contributed by atoms with E-state index in [-0.39, 0.29) is 18.2 Å². The van der Waals surface area contributed by atoms with Crippen LogP contribution in [0.25, 0.3) is 0 Å². The molecule has 1 aromatic heterocycles. The first kappa shape index (κ1) is 20.7. The van der Waals surface area contributed by atoms with Crippen molar-refractivity contribution >= 4 is 34.8 Å². The van der Waals surface area contributed by atoms with Crippen LogP contribution in [-0.2, 0) is 16.0 Å². The van der Waals surface area contributed by atoms with Crippen molar-refractivity contribution in [3.8, 4) is 5.75 Å². The third-order valence-electron chi connectivity index (χ3n) is 4.79. The maximum Gasteiger partial charge on any atom is 0.256 e. The van der Waals surface area contributed by atoms with Gasteiger partial charge in [-0.2, -0.15) is 0 Å². The summed E-state index contributed by atoms with van der Waals surface area (Å²) in [5, 5.41) is 3.17. The zero-order valence-corrected chi connectivity index (χ0v) is 17.3. The van der Waals surface area contributed by atoms with Gasteiger partial charge < -0.3 is 15.0 Å². The van der Waals surface area contributed by atoms with Crippen molar-refractivity contribution in [1.29, 1.82) is 0 Å². The van der Waals surface area contributed by atoms with Crippen molar-refractivity contribution in [2.45, 2.75) is 25.8 Å². The molecule has 0 saturated carbocycles. The molecule has 3 rings (SSSR count). The van der Waals surface area contributed by atoms with Crippen LogP contribution in [0.5, 0.6) is 5.75 Å². The number of thiocarbonyl (C=S) groups is 1. The van der Waals surface area contributed by atoms with Crippen LogP contribution in [0.4, 0.5) is 5.69 Å². The molecular formula is C21H24N4O3S. The second kappa shape index (κ2) is 9.47. The van der Waals surface area contributed by atoms with Gasteiger partial charge in [0.05, 0.1) is 19.2 Å². The highest BCUT2D eigenvalue weighted by molar-refractivity contribution is 7.80. The van der Waals surface area contributed by atoms with Crippen molar-refractivity contribution in [2.75, 3.05) is 25.1 Å². The maximum absolute atomic E-state index is 13.2. The van der Waals surface area contributed by atoms with Crippen LogP contribution >= 0.6 is 12.2 Å². The van der Waals surface area contributed by atoms with E-state index in [4.69, 9.17) is 17.0 Å². The van der Waals surface area contributed by atoms with E-state index >= 15 is 0 Å². The zero-order valence-electron chi connectivity index (χ0n) is 16.5. The molecule has 29 heavy (non-hydrogen) atoms. The van der Waals surface area contributed by atoms with Gasteiger partial charge in [-0.1, -0.05) is 0 Å². The number of anilines is 1. The SMILES string of the molecule is CCNC(=O)C[C@@H]1C(=O)N(c2ccc(OC)cc2)C(=S)N1CCc1ccncc1. The Bertz CT molecular complexity index is 873. The van der Waals surface area contributed by atoms with Gasteiger partial charge in [0.2, 0.25) is 5.91 Å². The van der Waals surface area contributed by atoms with E-state index < -0.39 is 6.04 Å². The number of amides is 2. The summed E-state index contributed by atoms with van der Waals surface area (Å²) >= 11 is 5.65. The van der Waals surface area contributed by atoms with Crippen molar-refractivity contribution in [3.05, 3.63) is 54.4 Å². The van der Waals surface area contributed by atoms with Gasteiger partial charge in [-0.05, 0) is 67.5 Å². The van der Waals surface area contributed by atoms with E-state index in [1.165, 1.54) is 4.90 Å². The first-order chi connectivity index (χ1) is 14.0. The predicted molar refractivity (Wildman–Crippen MR) is 115 cm³/mol. The molecule has 1 aliphatic rings. The molecule has 2 heterocycles. The van der Waals surface area contributed by atoms with Gasteiger partial charge in [-0.3, -0.25) is 19.5 Å². The fraction of sp³-hybridized carbons (Fsp3) is 0.333. The van der Waals surface area contributed by atoms with Crippen LogP contribution < -0.4 is 15.0 Å². The summed E-state index contributed by atoms with van der Waals surface area (Å²) in [6.07, 6.45) is 4.23. The molecule has 2 aromatic rings. The Hall–Kier alpha value is -3.00. The topological polar surface area (TPSA) is 74.8 Å². The minimum absolute atomic E-state index is 0.0653. The number of hydrogen-bond donors (Lipinski definition) is 1. The van der Waals surface area contributed by atoms with E-state index in [1.54, 1.807) is 43.8 Å². The summed E-state index contributed by atoms with van der Waals surface area (Å²) in [6.45, 7) is 2.90. The summed E-state index contributed by atoms with van der Waals surface area (Å²) in [5.41, 5.74) is 1.75. The van der Waals surface area contributed by atoms with Gasteiger partial charge >= 0.3 is 0 Å². The van der Waals surface area contributed by atoms with Crippen LogP contribution in [0.3, 0.4) is 0 Å². The average Bonchev–Trinajstić information content (AvgIpc) is 2.96. The third-order valence-corrected chi connectivity index (χ3v) is 5.21. The highest BCUT2D eigenvalue weighted by atomic mass is 32.1. The standard InChI is InChI=1S/C21H24N4O3S/c1-3-23-19(26)14-18-20(27)25(16-4-6-17(28-2)7-5-16)21(29)24(18)13-10-15-8-11-22-12-9-15/h4-9,11-12,18H,3,10,13-14H2,1-2H3,(H,23,26)/t18-/m1/s1. The number of pyridine rings is 1. The van der Waals surface area contributed by atoms with E-state index in [0.29, 0.717) is 36.1 Å². The normalized spacial score (nSPS) is 16.3. The van der Waals surface area contributed by atoms with E-state index in [0.717, 1.165) is 5.56 Å². The Kier molecular flexibility index (Phi) is 6.77. The minimum atomic E-state index is -0.627. The van der Waals surface area contributed by atoms with Gasteiger partial charge in [-0.15, -0.1) is 0 Å². The molecule has 1 atom stereocenters. The summed E-state index contributed by atoms with van der Waals surface area (Å²) < 4.78 is 5.19. The van der Waals surface area contributed by atoms with Crippen molar-refractivity contribution in [1.82, 2.24) is 15.2 Å². The molecule has 0 bridgehead atoms. The smallest absolute Gasteiger partial charge is 0.256 e. The number of carbonyl (C=O) groups excluding carboxylic acids is 2. The number of hydrogen-bond acceptors (Lipinski definition) is 5. The van der Waals surface area contributed by atoms with Crippen LogP contribution in [0.2, 0.25) is 0 Å². The summed E-state index contributed by atoms with van der Waals surface area (Å²) in [4.78, 5) is 32.8. The van der Waals surface area contributed by atoms with Gasteiger partial charge in [0.1, 0.15) is 11.8 Å². The maximum atomic E-state index is 13.2. The molecule has 0 spiro atoms. The van der Waals surface area contributed by atoms with Crippen LogP contribution in [-0.4, -0.2) is 53.1 Å². The van der Waals surface area contributed by atoms with E-state index in [1.807, 2.05) is 24.0 Å². The number of carbonyl (C=O) groups is 2. The van der Waals surface area contributed by atoms with Crippen LogP contribution in [0.1, 0.15) is 18.9 Å². The Labute approximate surface area is 175 Å². The summed E-state index contributed by atoms with van der Waals surface area (Å²) in [6, 6.07) is 10.4. The number of rotatable bonds is 8. The molecule has 1 aromatic carbocycles. The van der Waals surface area contributed by atoms with Gasteiger partial charge in [0.25, 0.3) is 5.91 Å². The highest BCUT2D eigenvalue weighted by Gasteiger charge is 2.43. The summed E-state index contributed by atoms with van der Waals surface area (Å²) in [7, 11) is 1.59. The lowest BCUT2D eigenvalue weighted by atomic mass is 10.1. The predicted octanol–water partition coefficient (Wildman–Crippen LogP) is 2.16. The molecule has 7 nitrogen and oxygen atoms in total. The molecule has 8 heteroatoms. The molecule has 0 radical (unpaired) electrons. The fourth-order valence-electron chi connectivity index (χ4n) is 3.30. The Balaban J connectivity index is 1.84. The van der Waals surface area contributed by atoms with E-state index in [2.05, 4.69) is 10.3 Å². The Morgan fingerprint density at radius 1 is 1.21 bits per heavy atom. The molecule has 1 aliphatic heterocycles. The molecule has 0 aliphatic carbocycles. The minimum Gasteiger partial charge on any atom is -0.497 e. The molecule has 2 amide bonds. The second-order valence-corrected chi connectivity index (χ2v) is 6.99. The lowest BCUT2D eigenvalue weighted by molar-refractivity contribution is -0.127.